The van der Waals surface area contributed by atoms with Crippen LogP contribution in [0.3, 0.4) is 0 Å². The first kappa shape index (κ1) is 11.6. The Kier molecular flexibility index (Phi) is 3.29. The van der Waals surface area contributed by atoms with Crippen LogP contribution >= 0.6 is 0 Å². The van der Waals surface area contributed by atoms with Gasteiger partial charge in [0.15, 0.2) is 0 Å². The van der Waals surface area contributed by atoms with Crippen molar-refractivity contribution in [3.8, 4) is 0 Å². The van der Waals surface area contributed by atoms with Gasteiger partial charge in [-0.05, 0) is 57.3 Å². The average molecular weight is 221 g/mol. The summed E-state index contributed by atoms with van der Waals surface area (Å²) in [6.45, 7) is 5.79. The molecule has 16 heavy (non-hydrogen) atoms. The van der Waals surface area contributed by atoms with Gasteiger partial charge in [-0.15, -0.1) is 0 Å². The van der Waals surface area contributed by atoms with Crippen LogP contribution in [-0.2, 0) is 5.67 Å². The van der Waals surface area contributed by atoms with Crippen LogP contribution in [-0.4, -0.2) is 13.1 Å². The second-order valence-electron chi connectivity index (χ2n) is 4.89. The number of rotatable bonds is 1. The van der Waals surface area contributed by atoms with Gasteiger partial charge in [0.05, 0.1) is 0 Å². The highest BCUT2D eigenvalue weighted by molar-refractivity contribution is 5.35. The molecular formula is C14H20FN. The lowest BCUT2D eigenvalue weighted by Gasteiger charge is -2.25. The van der Waals surface area contributed by atoms with E-state index in [9.17, 15) is 4.39 Å². The highest BCUT2D eigenvalue weighted by atomic mass is 19.1. The molecule has 1 aromatic rings. The fourth-order valence-corrected chi connectivity index (χ4v) is 2.62. The highest BCUT2D eigenvalue weighted by Crippen LogP contribution is 2.37. The van der Waals surface area contributed by atoms with E-state index in [2.05, 4.69) is 18.3 Å². The Labute approximate surface area is 97.1 Å². The van der Waals surface area contributed by atoms with Gasteiger partial charge in [0.2, 0.25) is 0 Å². The Morgan fingerprint density at radius 2 is 2.00 bits per heavy atom. The zero-order valence-corrected chi connectivity index (χ0v) is 10.1. The molecule has 1 nitrogen and oxygen atoms in total. The van der Waals surface area contributed by atoms with Crippen molar-refractivity contribution in [1.82, 2.24) is 5.32 Å². The lowest BCUT2D eigenvalue weighted by Crippen LogP contribution is -2.23. The predicted molar refractivity (Wildman–Crippen MR) is 65.4 cm³/mol. The van der Waals surface area contributed by atoms with Crippen LogP contribution < -0.4 is 5.32 Å². The summed E-state index contributed by atoms with van der Waals surface area (Å²) < 4.78 is 14.9. The first-order valence-corrected chi connectivity index (χ1v) is 6.09. The summed E-state index contributed by atoms with van der Waals surface area (Å²) in [6, 6.07) is 6.06. The average Bonchev–Trinajstić information content (AvgIpc) is 2.43. The Balaban J connectivity index is 2.33. The van der Waals surface area contributed by atoms with E-state index in [0.717, 1.165) is 30.6 Å². The van der Waals surface area contributed by atoms with Gasteiger partial charge in [0.1, 0.15) is 5.67 Å². The van der Waals surface area contributed by atoms with Gasteiger partial charge in [-0.3, -0.25) is 0 Å². The molecule has 0 aliphatic carbocycles. The van der Waals surface area contributed by atoms with Crippen LogP contribution in [0.25, 0.3) is 0 Å². The molecule has 1 aliphatic rings. The first-order chi connectivity index (χ1) is 7.62. The molecule has 0 saturated carbocycles. The zero-order valence-electron chi connectivity index (χ0n) is 10.1. The number of nitrogens with one attached hydrogen (secondary N) is 1. The normalized spacial score (nSPS) is 26.4. The lowest BCUT2D eigenvalue weighted by atomic mass is 9.85. The molecule has 0 amide bonds. The van der Waals surface area contributed by atoms with Crippen molar-refractivity contribution in [2.75, 3.05) is 13.1 Å². The Morgan fingerprint density at radius 1 is 1.19 bits per heavy atom. The predicted octanol–water partition coefficient (Wildman–Crippen LogP) is 3.24. The number of alkyl halides is 1. The molecule has 88 valence electrons. The van der Waals surface area contributed by atoms with Crippen LogP contribution in [0.2, 0.25) is 0 Å². The molecule has 0 spiro atoms. The molecule has 1 heterocycles. The van der Waals surface area contributed by atoms with Gasteiger partial charge >= 0.3 is 0 Å². The number of aryl methyl sites for hydroxylation is 2. The summed E-state index contributed by atoms with van der Waals surface area (Å²) in [5, 5.41) is 3.26. The molecule has 1 aromatic carbocycles. The maximum Gasteiger partial charge on any atom is 0.137 e. The van der Waals surface area contributed by atoms with Crippen molar-refractivity contribution in [2.45, 2.75) is 38.8 Å². The smallest absolute Gasteiger partial charge is 0.137 e. The standard InChI is InChI=1S/C14H20FN/c1-11-4-5-13(12(2)10-11)14(15)6-3-8-16-9-7-14/h4-5,10,16H,3,6-9H2,1-2H3. The van der Waals surface area contributed by atoms with Gasteiger partial charge in [0.25, 0.3) is 0 Å². The van der Waals surface area contributed by atoms with Gasteiger partial charge in [-0.2, -0.15) is 0 Å². The largest absolute Gasteiger partial charge is 0.317 e. The SMILES string of the molecule is Cc1ccc(C2(F)CCCNCC2)c(C)c1. The van der Waals surface area contributed by atoms with E-state index in [1.165, 1.54) is 5.56 Å². The van der Waals surface area contributed by atoms with Crippen molar-refractivity contribution >= 4 is 0 Å². The topological polar surface area (TPSA) is 12.0 Å². The highest BCUT2D eigenvalue weighted by Gasteiger charge is 2.33. The Hall–Kier alpha value is -0.890. The van der Waals surface area contributed by atoms with E-state index < -0.39 is 5.67 Å². The van der Waals surface area contributed by atoms with E-state index in [-0.39, 0.29) is 0 Å². The minimum absolute atomic E-state index is 0.594. The maximum atomic E-state index is 14.9. The Bertz CT molecular complexity index is 365. The van der Waals surface area contributed by atoms with Crippen molar-refractivity contribution in [2.24, 2.45) is 0 Å². The quantitative estimate of drug-likeness (QED) is 0.767. The minimum Gasteiger partial charge on any atom is -0.317 e. The molecule has 2 rings (SSSR count). The number of benzene rings is 1. The number of halogens is 1. The van der Waals surface area contributed by atoms with E-state index >= 15 is 0 Å². The van der Waals surface area contributed by atoms with Crippen molar-refractivity contribution < 1.29 is 4.39 Å². The molecule has 1 N–H and O–H groups in total. The summed E-state index contributed by atoms with van der Waals surface area (Å²) in [5.41, 5.74) is 2.06. The third kappa shape index (κ3) is 2.27. The van der Waals surface area contributed by atoms with E-state index in [0.29, 0.717) is 12.8 Å². The molecule has 1 saturated heterocycles. The zero-order chi connectivity index (χ0) is 11.6. The molecule has 1 atom stereocenters. The number of hydrogen-bond acceptors (Lipinski definition) is 1. The van der Waals surface area contributed by atoms with Gasteiger partial charge in [0, 0.05) is 0 Å². The van der Waals surface area contributed by atoms with Gasteiger partial charge in [-0.25, -0.2) is 4.39 Å². The van der Waals surface area contributed by atoms with Crippen LogP contribution in [0.1, 0.15) is 36.0 Å². The van der Waals surface area contributed by atoms with Crippen molar-refractivity contribution in [1.29, 1.82) is 0 Å². The van der Waals surface area contributed by atoms with Gasteiger partial charge in [-0.1, -0.05) is 23.8 Å². The molecule has 1 unspecified atom stereocenters. The van der Waals surface area contributed by atoms with Crippen molar-refractivity contribution in [3.63, 3.8) is 0 Å². The summed E-state index contributed by atoms with van der Waals surface area (Å²) in [5.74, 6) is 0. The molecule has 0 aromatic heterocycles. The molecule has 1 fully saturated rings. The molecule has 2 heteroatoms. The second kappa shape index (κ2) is 4.54. The minimum atomic E-state index is -1.12. The molecular weight excluding hydrogens is 201 g/mol. The van der Waals surface area contributed by atoms with E-state index in [1.54, 1.807) is 0 Å². The van der Waals surface area contributed by atoms with Crippen LogP contribution in [0.15, 0.2) is 18.2 Å². The number of hydrogen-bond donors (Lipinski definition) is 1. The third-order valence-electron chi connectivity index (χ3n) is 3.49. The third-order valence-corrected chi connectivity index (χ3v) is 3.49. The molecule has 1 aliphatic heterocycles. The van der Waals surface area contributed by atoms with E-state index in [4.69, 9.17) is 0 Å². The fraction of sp³-hybridized carbons (Fsp3) is 0.571. The van der Waals surface area contributed by atoms with Crippen molar-refractivity contribution in [3.05, 3.63) is 34.9 Å². The summed E-state index contributed by atoms with van der Waals surface area (Å²) in [7, 11) is 0. The molecule has 0 bridgehead atoms. The second-order valence-corrected chi connectivity index (χ2v) is 4.89. The first-order valence-electron chi connectivity index (χ1n) is 6.09. The van der Waals surface area contributed by atoms with Crippen LogP contribution in [0, 0.1) is 13.8 Å². The van der Waals surface area contributed by atoms with Crippen LogP contribution in [0.4, 0.5) is 4.39 Å². The fourth-order valence-electron chi connectivity index (χ4n) is 2.62. The van der Waals surface area contributed by atoms with Gasteiger partial charge < -0.3 is 5.32 Å². The lowest BCUT2D eigenvalue weighted by molar-refractivity contribution is 0.144. The van der Waals surface area contributed by atoms with Crippen LogP contribution in [0.5, 0.6) is 0 Å². The monoisotopic (exact) mass is 221 g/mol. The molecule has 0 radical (unpaired) electrons. The summed E-state index contributed by atoms with van der Waals surface area (Å²) in [6.07, 6.45) is 2.16. The maximum absolute atomic E-state index is 14.9. The summed E-state index contributed by atoms with van der Waals surface area (Å²) in [4.78, 5) is 0. The summed E-state index contributed by atoms with van der Waals surface area (Å²) >= 11 is 0. The Morgan fingerprint density at radius 3 is 2.75 bits per heavy atom. The van der Waals surface area contributed by atoms with E-state index in [1.807, 2.05) is 19.1 Å².